The number of nitrogens with zero attached hydrogens (tertiary/aromatic N) is 3. The Morgan fingerprint density at radius 3 is 2.62 bits per heavy atom. The van der Waals surface area contributed by atoms with Gasteiger partial charge in [0, 0.05) is 12.0 Å². The number of nitrogens with two attached hydrogens (primary N) is 1. The van der Waals surface area contributed by atoms with Crippen molar-refractivity contribution in [3.05, 3.63) is 40.2 Å². The van der Waals surface area contributed by atoms with Crippen LogP contribution in [0.1, 0.15) is 23.2 Å². The molecule has 14 heteroatoms. The van der Waals surface area contributed by atoms with Gasteiger partial charge < -0.3 is 39.0 Å². The van der Waals surface area contributed by atoms with E-state index in [1.807, 2.05) is 9.48 Å². The van der Waals surface area contributed by atoms with Gasteiger partial charge in [0.25, 0.3) is 5.91 Å². The maximum absolute atomic E-state index is 12.4. The van der Waals surface area contributed by atoms with Crippen LogP contribution < -0.4 is 39.2 Å². The molecule has 1 aromatic carbocycles. The van der Waals surface area contributed by atoms with Crippen LogP contribution in [0.2, 0.25) is 0 Å². The fourth-order valence-corrected chi connectivity index (χ4v) is 3.81. The van der Waals surface area contributed by atoms with Gasteiger partial charge >= 0.3 is 17.5 Å². The van der Waals surface area contributed by atoms with E-state index < -0.39 is 23.9 Å². The number of aromatic amines is 1. The number of carboxylic acids is 2. The largest absolute Gasteiger partial charge is 1.00 e. The second-order valence-corrected chi connectivity index (χ2v) is 7.70. The number of H-pyrrole nitrogens is 1. The van der Waals surface area contributed by atoms with Crippen molar-refractivity contribution in [3.63, 3.8) is 0 Å². The van der Waals surface area contributed by atoms with Crippen molar-refractivity contribution in [2.24, 2.45) is 0 Å². The lowest BCUT2D eigenvalue weighted by molar-refractivity contribution is -0.468. The van der Waals surface area contributed by atoms with E-state index >= 15 is 0 Å². The average molecular weight is 492 g/mol. The summed E-state index contributed by atoms with van der Waals surface area (Å²) in [6.45, 7) is 1.14. The van der Waals surface area contributed by atoms with Crippen LogP contribution in [0, 0.1) is 0 Å². The average Bonchev–Trinajstić information content (AvgIpc) is 3.20. The number of halogens is 1. The van der Waals surface area contributed by atoms with Gasteiger partial charge in [0.1, 0.15) is 18.3 Å². The number of carbonyl (C=O) groups is 3. The Morgan fingerprint density at radius 1 is 1.26 bits per heavy atom. The lowest BCUT2D eigenvalue weighted by atomic mass is 10.1. The highest BCUT2D eigenvalue weighted by atomic mass is 35.5. The summed E-state index contributed by atoms with van der Waals surface area (Å²) in [7, 11) is 0. The van der Waals surface area contributed by atoms with Crippen LogP contribution in [0.5, 0.6) is 0 Å². The summed E-state index contributed by atoms with van der Waals surface area (Å²) < 4.78 is 1.83. The Kier molecular flexibility index (Phi) is 7.05. The minimum atomic E-state index is -1.30. The second kappa shape index (κ2) is 9.79. The molecule has 0 saturated carbocycles. The predicted molar refractivity (Wildman–Crippen MR) is 117 cm³/mol. The molecule has 2 aliphatic rings. The molecule has 0 fully saturated rings. The normalized spacial score (nSPS) is 16.8. The van der Waals surface area contributed by atoms with Gasteiger partial charge in [0.2, 0.25) is 18.0 Å². The third-order valence-corrected chi connectivity index (χ3v) is 5.45. The highest BCUT2D eigenvalue weighted by molar-refractivity contribution is 5.97. The van der Waals surface area contributed by atoms with Crippen molar-refractivity contribution < 1.29 is 41.6 Å². The molecular formula is C20H22ClN7O6. The van der Waals surface area contributed by atoms with Crippen molar-refractivity contribution in [1.29, 1.82) is 0 Å². The van der Waals surface area contributed by atoms with Crippen molar-refractivity contribution in [3.8, 4) is 0 Å². The molecule has 180 valence electrons. The molecule has 1 aromatic heterocycles. The van der Waals surface area contributed by atoms with Crippen LogP contribution in [0.25, 0.3) is 0 Å². The molecule has 0 aliphatic carbocycles. The highest BCUT2D eigenvalue weighted by Gasteiger charge is 2.39. The number of fused-ring (bicyclic) bond motifs is 3. The summed E-state index contributed by atoms with van der Waals surface area (Å²) in [6.07, 6.45) is 1.20. The van der Waals surface area contributed by atoms with Gasteiger partial charge in [-0.2, -0.15) is 4.98 Å². The van der Waals surface area contributed by atoms with E-state index in [1.165, 1.54) is 0 Å². The van der Waals surface area contributed by atoms with Crippen LogP contribution in [-0.2, 0) is 9.59 Å². The van der Waals surface area contributed by atoms with Gasteiger partial charge in [-0.05, 0) is 30.7 Å². The van der Waals surface area contributed by atoms with E-state index in [0.717, 1.165) is 5.69 Å². The molecule has 3 heterocycles. The molecule has 4 rings (SSSR count). The zero-order chi connectivity index (χ0) is 23.7. The van der Waals surface area contributed by atoms with Crippen LogP contribution in [0.15, 0.2) is 29.1 Å². The maximum Gasteiger partial charge on any atom is 0.326 e. The minimum Gasteiger partial charge on any atom is -1.00 e. The number of anilines is 3. The Bertz CT molecular complexity index is 1210. The summed E-state index contributed by atoms with van der Waals surface area (Å²) in [5, 5.41) is 23.4. The zero-order valence-corrected chi connectivity index (χ0v) is 18.5. The van der Waals surface area contributed by atoms with Crippen molar-refractivity contribution in [1.82, 2.24) is 15.3 Å². The summed E-state index contributed by atoms with van der Waals surface area (Å²) in [4.78, 5) is 55.4. The molecule has 13 nitrogen and oxygen atoms in total. The molecule has 0 saturated heterocycles. The number of amides is 1. The van der Waals surface area contributed by atoms with E-state index in [-0.39, 0.29) is 48.4 Å². The molecule has 1 amide bonds. The minimum absolute atomic E-state index is 0. The SMILES string of the molecule is Nc1nc2c(c(=O)[nH]1)[N+]1=CN(c3ccc(C(=O)N[C@@H](CCC(=O)O)C(=O)O)cc3)C[C@@H]1CN2.[Cl-]. The molecule has 0 radical (unpaired) electrons. The smallest absolute Gasteiger partial charge is 0.326 e. The molecule has 0 unspecified atom stereocenters. The Labute approximate surface area is 198 Å². The van der Waals surface area contributed by atoms with Crippen molar-refractivity contribution in [2.45, 2.75) is 24.9 Å². The lowest BCUT2D eigenvalue weighted by Crippen LogP contribution is -3.00. The van der Waals surface area contributed by atoms with Gasteiger partial charge in [-0.1, -0.05) is 0 Å². The highest BCUT2D eigenvalue weighted by Crippen LogP contribution is 2.28. The first-order valence-electron chi connectivity index (χ1n) is 10.1. The molecule has 0 spiro atoms. The fraction of sp³-hybridized carbons (Fsp3) is 0.300. The number of benzene rings is 1. The van der Waals surface area contributed by atoms with Gasteiger partial charge in [0.05, 0.1) is 6.54 Å². The third kappa shape index (κ3) is 4.93. The number of carbonyl (C=O) groups excluding carboxylic acids is 1. The number of aromatic nitrogens is 2. The lowest BCUT2D eigenvalue weighted by Gasteiger charge is -2.20. The number of carboxylic acid groups (broad SMARTS) is 2. The Morgan fingerprint density at radius 2 is 1.97 bits per heavy atom. The van der Waals surface area contributed by atoms with E-state index in [9.17, 15) is 24.3 Å². The number of nitrogens with one attached hydrogen (secondary N) is 3. The first-order chi connectivity index (χ1) is 15.7. The second-order valence-electron chi connectivity index (χ2n) is 7.70. The summed E-state index contributed by atoms with van der Waals surface area (Å²) in [5.74, 6) is -2.62. The molecule has 7 N–H and O–H groups in total. The molecule has 0 bridgehead atoms. The van der Waals surface area contributed by atoms with Gasteiger partial charge in [-0.15, -0.1) is 0 Å². The van der Waals surface area contributed by atoms with Crippen LogP contribution in [-0.4, -0.2) is 74.1 Å². The van der Waals surface area contributed by atoms with E-state index in [1.54, 1.807) is 30.6 Å². The number of nitrogen functional groups attached to an aromatic ring is 1. The molecule has 2 aliphatic heterocycles. The number of aliphatic carboxylic acids is 2. The monoisotopic (exact) mass is 491 g/mol. The van der Waals surface area contributed by atoms with E-state index in [2.05, 4.69) is 20.6 Å². The number of rotatable bonds is 7. The van der Waals surface area contributed by atoms with Crippen LogP contribution in [0.3, 0.4) is 0 Å². The summed E-state index contributed by atoms with van der Waals surface area (Å²) >= 11 is 0. The fourth-order valence-electron chi connectivity index (χ4n) is 3.81. The Balaban J connectivity index is 0.00000324. The quantitative estimate of drug-likeness (QED) is 0.211. The first kappa shape index (κ1) is 24.5. The standard InChI is InChI=1S/C20H21N7O6.ClH/c21-20-24-16-15(18(31)25-20)27-9-26(8-12(27)7-22-16)11-3-1-10(2-4-11)17(30)23-13(19(32)33)5-6-14(28)29;/h1-4,9,12-13H,5-8H2,(H6-,21,22,23,24,25,28,29,30,31,32,33);1H/t12-,13-;/m0./s1. The number of hydrogen-bond donors (Lipinski definition) is 6. The van der Waals surface area contributed by atoms with Crippen molar-refractivity contribution >= 4 is 47.3 Å². The van der Waals surface area contributed by atoms with Crippen LogP contribution >= 0.6 is 0 Å². The van der Waals surface area contributed by atoms with Crippen molar-refractivity contribution in [2.75, 3.05) is 29.0 Å². The van der Waals surface area contributed by atoms with Gasteiger partial charge in [0.15, 0.2) is 11.9 Å². The Hall–Kier alpha value is -4.13. The third-order valence-electron chi connectivity index (χ3n) is 5.45. The molecular weight excluding hydrogens is 470 g/mol. The van der Waals surface area contributed by atoms with Crippen LogP contribution in [0.4, 0.5) is 23.1 Å². The molecule has 2 aromatic rings. The number of hydrogen-bond acceptors (Lipinski definition) is 8. The summed E-state index contributed by atoms with van der Waals surface area (Å²) in [6, 6.07) is 5.19. The molecule has 2 atom stereocenters. The van der Waals surface area contributed by atoms with E-state index in [0.29, 0.717) is 24.6 Å². The summed E-state index contributed by atoms with van der Waals surface area (Å²) in [5.41, 5.74) is 6.64. The maximum atomic E-state index is 12.4. The topological polar surface area (TPSA) is 194 Å². The van der Waals surface area contributed by atoms with Gasteiger partial charge in [-0.3, -0.25) is 19.4 Å². The van der Waals surface area contributed by atoms with E-state index in [4.69, 9.17) is 10.8 Å². The van der Waals surface area contributed by atoms with Gasteiger partial charge in [-0.25, -0.2) is 14.3 Å². The first-order valence-corrected chi connectivity index (χ1v) is 10.1. The molecule has 34 heavy (non-hydrogen) atoms. The predicted octanol–water partition coefficient (Wildman–Crippen LogP) is -3.61. The zero-order valence-electron chi connectivity index (χ0n) is 17.7.